The summed E-state index contributed by atoms with van der Waals surface area (Å²) in [7, 11) is 0. The highest BCUT2D eigenvalue weighted by atomic mass is 35.5. The van der Waals surface area contributed by atoms with Crippen molar-refractivity contribution in [2.75, 3.05) is 4.90 Å². The minimum Gasteiger partial charge on any atom is -0.507 e. The molecule has 1 amide bonds. The lowest BCUT2D eigenvalue weighted by Gasteiger charge is -2.23. The monoisotopic (exact) mass is 566 g/mol. The van der Waals surface area contributed by atoms with Crippen LogP contribution in [-0.2, 0) is 9.59 Å². The van der Waals surface area contributed by atoms with Crippen LogP contribution in [0.4, 0.5) is 5.13 Å². The van der Waals surface area contributed by atoms with E-state index in [2.05, 4.69) is 0 Å². The van der Waals surface area contributed by atoms with E-state index in [0.29, 0.717) is 32.8 Å². The number of hydrogen-bond donors (Lipinski definition) is 1. The van der Waals surface area contributed by atoms with Crippen molar-refractivity contribution in [2.24, 2.45) is 0 Å². The van der Waals surface area contributed by atoms with Crippen LogP contribution in [-0.4, -0.2) is 21.8 Å². The van der Waals surface area contributed by atoms with Crippen molar-refractivity contribution in [1.82, 2.24) is 4.98 Å². The van der Waals surface area contributed by atoms with Crippen molar-refractivity contribution in [3.63, 3.8) is 0 Å². The van der Waals surface area contributed by atoms with Crippen molar-refractivity contribution < 1.29 is 19.4 Å². The average molecular weight is 567 g/mol. The van der Waals surface area contributed by atoms with Gasteiger partial charge in [0.25, 0.3) is 5.78 Å². The van der Waals surface area contributed by atoms with Crippen LogP contribution in [0.2, 0.25) is 5.02 Å². The van der Waals surface area contributed by atoms with Gasteiger partial charge in [0.15, 0.2) is 5.13 Å². The molecule has 6 rings (SSSR count). The van der Waals surface area contributed by atoms with Gasteiger partial charge in [0.1, 0.15) is 17.3 Å². The van der Waals surface area contributed by atoms with E-state index in [1.165, 1.54) is 16.2 Å². The first-order valence-electron chi connectivity index (χ1n) is 12.6. The zero-order valence-corrected chi connectivity index (χ0v) is 23.2. The molecule has 1 aromatic heterocycles. The summed E-state index contributed by atoms with van der Waals surface area (Å²) in [6.07, 6.45) is 0. The molecule has 1 aliphatic heterocycles. The number of carbonyl (C=O) groups is 2. The van der Waals surface area contributed by atoms with Gasteiger partial charge in [-0.05, 0) is 85.1 Å². The van der Waals surface area contributed by atoms with Gasteiger partial charge in [0, 0.05) is 10.6 Å². The van der Waals surface area contributed by atoms with E-state index in [4.69, 9.17) is 21.3 Å². The van der Waals surface area contributed by atoms with Crippen molar-refractivity contribution in [3.8, 4) is 11.5 Å². The summed E-state index contributed by atoms with van der Waals surface area (Å²) in [6.45, 7) is 3.97. The molecule has 8 heteroatoms. The average Bonchev–Trinajstić information content (AvgIpc) is 3.48. The summed E-state index contributed by atoms with van der Waals surface area (Å²) in [5.41, 5.74) is 3.76. The lowest BCUT2D eigenvalue weighted by molar-refractivity contribution is -0.132. The Kier molecular flexibility index (Phi) is 6.62. The molecule has 6 nitrogen and oxygen atoms in total. The minimum atomic E-state index is -0.933. The SMILES string of the molecule is Cc1cc(C)c2nc(N3C(=O)C(=O)/C(=C(/O)c4ccc(Cl)cc4)C3c3cccc(Oc4ccccc4)c3)sc2c1. The van der Waals surface area contributed by atoms with E-state index >= 15 is 0 Å². The van der Waals surface area contributed by atoms with Crippen molar-refractivity contribution >= 4 is 55.7 Å². The molecule has 1 unspecified atom stereocenters. The first kappa shape index (κ1) is 25.8. The van der Waals surface area contributed by atoms with E-state index in [1.54, 1.807) is 48.5 Å². The van der Waals surface area contributed by atoms with Gasteiger partial charge in [-0.1, -0.05) is 59.3 Å². The van der Waals surface area contributed by atoms with Gasteiger partial charge in [-0.2, -0.15) is 0 Å². The zero-order chi connectivity index (χ0) is 28.0. The van der Waals surface area contributed by atoms with Crippen LogP contribution < -0.4 is 9.64 Å². The molecule has 0 saturated carbocycles. The number of Topliss-reactive ketones (excluding diaryl/α,β-unsaturated/α-hetero) is 1. The number of benzene rings is 4. The third-order valence-corrected chi connectivity index (χ3v) is 7.99. The molecule has 40 heavy (non-hydrogen) atoms. The Labute approximate surface area is 239 Å². The van der Waals surface area contributed by atoms with E-state index in [1.807, 2.05) is 56.3 Å². The third kappa shape index (κ3) is 4.63. The maximum atomic E-state index is 13.6. The molecule has 0 bridgehead atoms. The van der Waals surface area contributed by atoms with Gasteiger partial charge < -0.3 is 9.84 Å². The highest BCUT2D eigenvalue weighted by Crippen LogP contribution is 2.45. The zero-order valence-electron chi connectivity index (χ0n) is 21.6. The summed E-state index contributed by atoms with van der Waals surface area (Å²) >= 11 is 7.39. The summed E-state index contributed by atoms with van der Waals surface area (Å²) < 4.78 is 6.96. The standard InChI is InChI=1S/C32H23ClN2O4S/c1-18-15-19(2)27-25(16-18)40-32(34-27)35-28(21-7-6-10-24(17-21)39-23-8-4-3-5-9-23)26(30(37)31(35)38)29(36)20-11-13-22(33)14-12-20/h3-17,28,36H,1-2H3/b29-26+. The fraction of sp³-hybridized carbons (Fsp3) is 0.0938. The normalized spacial score (nSPS) is 16.6. The van der Waals surface area contributed by atoms with Crippen LogP contribution in [0.25, 0.3) is 16.0 Å². The highest BCUT2D eigenvalue weighted by molar-refractivity contribution is 7.22. The molecule has 1 fully saturated rings. The predicted octanol–water partition coefficient (Wildman–Crippen LogP) is 7.99. The molecule has 1 atom stereocenters. The molecule has 1 N–H and O–H groups in total. The van der Waals surface area contributed by atoms with Gasteiger partial charge >= 0.3 is 5.91 Å². The number of aryl methyl sites for hydroxylation is 2. The van der Waals surface area contributed by atoms with Crippen molar-refractivity contribution in [3.05, 3.63) is 124 Å². The number of amides is 1. The van der Waals surface area contributed by atoms with Crippen LogP contribution in [0.3, 0.4) is 0 Å². The molecule has 0 radical (unpaired) electrons. The number of fused-ring (bicyclic) bond motifs is 1. The van der Waals surface area contributed by atoms with E-state index in [0.717, 1.165) is 21.3 Å². The number of aliphatic hydroxyl groups is 1. The Bertz CT molecular complexity index is 1810. The van der Waals surface area contributed by atoms with Gasteiger partial charge in [0.05, 0.1) is 21.8 Å². The Morgan fingerprint density at radius 2 is 1.65 bits per heavy atom. The number of nitrogens with zero attached hydrogens (tertiary/aromatic N) is 2. The maximum Gasteiger partial charge on any atom is 0.301 e. The van der Waals surface area contributed by atoms with Crippen molar-refractivity contribution in [2.45, 2.75) is 19.9 Å². The van der Waals surface area contributed by atoms with Crippen LogP contribution in [0.1, 0.15) is 28.3 Å². The van der Waals surface area contributed by atoms with Gasteiger partial charge in [0.2, 0.25) is 0 Å². The largest absolute Gasteiger partial charge is 0.507 e. The number of anilines is 1. The van der Waals surface area contributed by atoms with Crippen LogP contribution in [0.5, 0.6) is 11.5 Å². The van der Waals surface area contributed by atoms with Crippen LogP contribution in [0, 0.1) is 13.8 Å². The number of ketones is 1. The van der Waals surface area contributed by atoms with E-state index < -0.39 is 17.7 Å². The van der Waals surface area contributed by atoms with Crippen LogP contribution >= 0.6 is 22.9 Å². The minimum absolute atomic E-state index is 0.0312. The Hall–Kier alpha value is -4.46. The number of para-hydroxylation sites is 1. The Balaban J connectivity index is 1.53. The molecule has 198 valence electrons. The first-order valence-corrected chi connectivity index (χ1v) is 13.8. The lowest BCUT2D eigenvalue weighted by atomic mass is 9.95. The number of halogens is 1. The first-order chi connectivity index (χ1) is 19.3. The fourth-order valence-corrected chi connectivity index (χ4v) is 6.24. The van der Waals surface area contributed by atoms with E-state index in [-0.39, 0.29) is 11.3 Å². The molecule has 4 aromatic carbocycles. The van der Waals surface area contributed by atoms with Crippen LogP contribution in [0.15, 0.2) is 96.6 Å². The molecule has 1 saturated heterocycles. The second-order valence-electron chi connectivity index (χ2n) is 9.59. The molecule has 2 heterocycles. The summed E-state index contributed by atoms with van der Waals surface area (Å²) in [4.78, 5) is 33.4. The summed E-state index contributed by atoms with van der Waals surface area (Å²) in [5.74, 6) is -0.671. The molecule has 1 aliphatic rings. The third-order valence-electron chi connectivity index (χ3n) is 6.74. The number of hydrogen-bond acceptors (Lipinski definition) is 6. The second kappa shape index (κ2) is 10.3. The maximum absolute atomic E-state index is 13.6. The number of aliphatic hydroxyl groups excluding tert-OH is 1. The van der Waals surface area contributed by atoms with Gasteiger partial charge in [-0.15, -0.1) is 0 Å². The van der Waals surface area contributed by atoms with Gasteiger partial charge in [-0.3, -0.25) is 14.5 Å². The molecule has 0 spiro atoms. The summed E-state index contributed by atoms with van der Waals surface area (Å²) in [6, 6.07) is 26.1. The molecular formula is C32H23ClN2O4S. The molecular weight excluding hydrogens is 544 g/mol. The highest BCUT2D eigenvalue weighted by Gasteiger charge is 2.48. The predicted molar refractivity (Wildman–Crippen MR) is 158 cm³/mol. The Morgan fingerprint density at radius 1 is 0.925 bits per heavy atom. The number of thiazole rings is 1. The molecule has 0 aliphatic carbocycles. The summed E-state index contributed by atoms with van der Waals surface area (Å²) in [5, 5.41) is 12.3. The fourth-order valence-electron chi connectivity index (χ4n) is 4.94. The Morgan fingerprint density at radius 3 is 2.40 bits per heavy atom. The number of rotatable bonds is 5. The van der Waals surface area contributed by atoms with Gasteiger partial charge in [-0.25, -0.2) is 4.98 Å². The smallest absolute Gasteiger partial charge is 0.301 e. The van der Waals surface area contributed by atoms with Crippen molar-refractivity contribution in [1.29, 1.82) is 0 Å². The number of aromatic nitrogens is 1. The second-order valence-corrected chi connectivity index (χ2v) is 11.0. The lowest BCUT2D eigenvalue weighted by Crippen LogP contribution is -2.29. The molecule has 5 aromatic rings. The quantitative estimate of drug-likeness (QED) is 0.132. The number of ether oxygens (including phenoxy) is 1. The number of carbonyl (C=O) groups excluding carboxylic acids is 2. The topological polar surface area (TPSA) is 79.7 Å². The van der Waals surface area contributed by atoms with E-state index in [9.17, 15) is 14.7 Å².